The first-order valence-corrected chi connectivity index (χ1v) is 3.53. The summed E-state index contributed by atoms with van der Waals surface area (Å²) in [6.07, 6.45) is 0.886. The average Bonchev–Trinajstić information content (AvgIpc) is 1.94. The van der Waals surface area contributed by atoms with E-state index in [-0.39, 0.29) is 0 Å². The van der Waals surface area contributed by atoms with Crippen LogP contribution in [0.25, 0.3) is 0 Å². The number of rotatable bonds is 2. The van der Waals surface area contributed by atoms with E-state index in [1.165, 1.54) is 5.57 Å². The van der Waals surface area contributed by atoms with Crippen LogP contribution in [0.2, 0.25) is 0 Å². The Hall–Kier alpha value is -0.540. The first-order chi connectivity index (χ1) is 4.84. The normalized spacial score (nSPS) is 19.7. The maximum Gasteiger partial charge on any atom is 0.0708 e. The maximum atomic E-state index is 5.72. The molecule has 0 aromatic carbocycles. The predicted octanol–water partition coefficient (Wildman–Crippen LogP) is -0.161. The zero-order chi connectivity index (χ0) is 7.40. The number of nitrogens with one attached hydrogen (secondary N) is 1. The lowest BCUT2D eigenvalue weighted by molar-refractivity contribution is 0.144. The second kappa shape index (κ2) is 3.58. The van der Waals surface area contributed by atoms with Gasteiger partial charge in [0.1, 0.15) is 0 Å². The first kappa shape index (κ1) is 7.57. The summed E-state index contributed by atoms with van der Waals surface area (Å²) in [4.78, 5) is 0. The Bertz CT molecular complexity index is 143. The molecule has 0 amide bonds. The molecule has 0 aromatic rings. The highest BCUT2D eigenvalue weighted by Crippen LogP contribution is 2.08. The van der Waals surface area contributed by atoms with Gasteiger partial charge in [-0.3, -0.25) is 0 Å². The van der Waals surface area contributed by atoms with Crippen LogP contribution in [0.3, 0.4) is 0 Å². The molecule has 3 heteroatoms. The highest BCUT2D eigenvalue weighted by atomic mass is 16.5. The topological polar surface area (TPSA) is 47.3 Å². The molecule has 0 unspecified atom stereocenters. The van der Waals surface area contributed by atoms with Crippen LogP contribution in [0.5, 0.6) is 0 Å². The van der Waals surface area contributed by atoms with E-state index < -0.39 is 0 Å². The first-order valence-electron chi connectivity index (χ1n) is 3.53. The van der Waals surface area contributed by atoms with Gasteiger partial charge in [-0.25, -0.2) is 0 Å². The molecule has 0 saturated heterocycles. The summed E-state index contributed by atoms with van der Waals surface area (Å²) in [5.74, 6) is 0. The minimum atomic E-state index is 0.701. The van der Waals surface area contributed by atoms with Crippen molar-refractivity contribution in [3.63, 3.8) is 0 Å². The van der Waals surface area contributed by atoms with Crippen LogP contribution in [-0.4, -0.2) is 26.8 Å². The van der Waals surface area contributed by atoms with E-state index in [4.69, 9.17) is 10.5 Å². The quantitative estimate of drug-likeness (QED) is 0.563. The van der Waals surface area contributed by atoms with Gasteiger partial charge in [0.2, 0.25) is 0 Å². The summed E-state index contributed by atoms with van der Waals surface area (Å²) < 4.78 is 5.23. The largest absolute Gasteiger partial charge is 0.402 e. The van der Waals surface area contributed by atoms with Crippen molar-refractivity contribution >= 4 is 0 Å². The van der Waals surface area contributed by atoms with Gasteiger partial charge in [0.05, 0.1) is 13.2 Å². The number of likely N-dealkylation sites (N-methyl/N-ethyl adjacent to an activating group) is 1. The predicted molar refractivity (Wildman–Crippen MR) is 40.6 cm³/mol. The minimum absolute atomic E-state index is 0.701. The van der Waals surface area contributed by atoms with Gasteiger partial charge in [-0.05, 0) is 12.6 Å². The summed E-state index contributed by atoms with van der Waals surface area (Å²) in [6.45, 7) is 2.33. The molecule has 0 fully saturated rings. The van der Waals surface area contributed by atoms with Crippen LogP contribution in [-0.2, 0) is 4.74 Å². The minimum Gasteiger partial charge on any atom is -0.402 e. The molecule has 0 bridgehead atoms. The third-order valence-electron chi connectivity index (χ3n) is 1.64. The zero-order valence-electron chi connectivity index (χ0n) is 6.31. The van der Waals surface area contributed by atoms with Crippen molar-refractivity contribution in [3.05, 3.63) is 11.3 Å². The van der Waals surface area contributed by atoms with Gasteiger partial charge < -0.3 is 15.8 Å². The SMILES string of the molecule is CNCC1=C(N)CCOC1. The Morgan fingerprint density at radius 3 is 3.10 bits per heavy atom. The van der Waals surface area contributed by atoms with Gasteiger partial charge in [0, 0.05) is 18.7 Å². The van der Waals surface area contributed by atoms with Gasteiger partial charge >= 0.3 is 0 Å². The van der Waals surface area contributed by atoms with E-state index in [1.54, 1.807) is 0 Å². The molecule has 0 atom stereocenters. The van der Waals surface area contributed by atoms with Crippen LogP contribution in [0.4, 0.5) is 0 Å². The van der Waals surface area contributed by atoms with Crippen LogP contribution >= 0.6 is 0 Å². The van der Waals surface area contributed by atoms with Crippen LogP contribution in [0.1, 0.15) is 6.42 Å². The standard InChI is InChI=1S/C7H14N2O/c1-9-4-6-5-10-3-2-7(6)8/h9H,2-5,8H2,1H3. The third kappa shape index (κ3) is 1.72. The smallest absolute Gasteiger partial charge is 0.0708 e. The molecule has 3 N–H and O–H groups in total. The third-order valence-corrected chi connectivity index (χ3v) is 1.64. The second-order valence-corrected chi connectivity index (χ2v) is 2.46. The van der Waals surface area contributed by atoms with E-state index in [1.807, 2.05) is 7.05 Å². The van der Waals surface area contributed by atoms with Gasteiger partial charge in [-0.1, -0.05) is 0 Å². The molecule has 1 aliphatic heterocycles. The van der Waals surface area contributed by atoms with E-state index in [0.717, 1.165) is 25.3 Å². The van der Waals surface area contributed by atoms with Crippen molar-refractivity contribution in [3.8, 4) is 0 Å². The summed E-state index contributed by atoms with van der Waals surface area (Å²) in [6, 6.07) is 0. The summed E-state index contributed by atoms with van der Waals surface area (Å²) >= 11 is 0. The van der Waals surface area contributed by atoms with E-state index in [9.17, 15) is 0 Å². The molecule has 10 heavy (non-hydrogen) atoms. The Balaban J connectivity index is 2.50. The van der Waals surface area contributed by atoms with Crippen molar-refractivity contribution in [1.82, 2.24) is 5.32 Å². The molecule has 0 aromatic heterocycles. The number of hydrogen-bond acceptors (Lipinski definition) is 3. The molecule has 0 saturated carbocycles. The Morgan fingerprint density at radius 2 is 2.50 bits per heavy atom. The fraction of sp³-hybridized carbons (Fsp3) is 0.714. The monoisotopic (exact) mass is 142 g/mol. The van der Waals surface area contributed by atoms with Crippen molar-refractivity contribution in [2.24, 2.45) is 5.73 Å². The van der Waals surface area contributed by atoms with Gasteiger partial charge in [-0.2, -0.15) is 0 Å². The molecular weight excluding hydrogens is 128 g/mol. The van der Waals surface area contributed by atoms with Crippen molar-refractivity contribution in [2.45, 2.75) is 6.42 Å². The number of ether oxygens (including phenoxy) is 1. The fourth-order valence-corrected chi connectivity index (χ4v) is 1.02. The van der Waals surface area contributed by atoms with E-state index in [0.29, 0.717) is 6.61 Å². The molecular formula is C7H14N2O. The van der Waals surface area contributed by atoms with Crippen LogP contribution < -0.4 is 11.1 Å². The highest BCUT2D eigenvalue weighted by Gasteiger charge is 2.08. The summed E-state index contributed by atoms with van der Waals surface area (Å²) in [5.41, 5.74) is 7.93. The molecule has 1 heterocycles. The maximum absolute atomic E-state index is 5.72. The Morgan fingerprint density at radius 1 is 1.70 bits per heavy atom. The van der Waals surface area contributed by atoms with Gasteiger partial charge in [-0.15, -0.1) is 0 Å². The van der Waals surface area contributed by atoms with Crippen LogP contribution in [0, 0.1) is 0 Å². The van der Waals surface area contributed by atoms with E-state index in [2.05, 4.69) is 5.32 Å². The summed E-state index contributed by atoms with van der Waals surface area (Å²) in [5, 5.41) is 3.05. The molecule has 58 valence electrons. The van der Waals surface area contributed by atoms with Gasteiger partial charge in [0.25, 0.3) is 0 Å². The Kier molecular flexibility index (Phi) is 2.71. The lowest BCUT2D eigenvalue weighted by Gasteiger charge is -2.17. The zero-order valence-corrected chi connectivity index (χ0v) is 6.31. The lowest BCUT2D eigenvalue weighted by atomic mass is 10.1. The Labute approximate surface area is 61.2 Å². The molecule has 1 aliphatic rings. The van der Waals surface area contributed by atoms with Crippen LogP contribution in [0.15, 0.2) is 11.3 Å². The van der Waals surface area contributed by atoms with Crippen molar-refractivity contribution < 1.29 is 4.74 Å². The lowest BCUT2D eigenvalue weighted by Crippen LogP contribution is -2.23. The molecule has 3 nitrogen and oxygen atoms in total. The van der Waals surface area contributed by atoms with E-state index >= 15 is 0 Å². The van der Waals surface area contributed by atoms with Crippen molar-refractivity contribution in [1.29, 1.82) is 0 Å². The second-order valence-electron chi connectivity index (χ2n) is 2.46. The molecule has 0 aliphatic carbocycles. The number of nitrogens with two attached hydrogens (primary N) is 1. The van der Waals surface area contributed by atoms with Gasteiger partial charge in [0.15, 0.2) is 0 Å². The molecule has 1 rings (SSSR count). The molecule has 0 radical (unpaired) electrons. The van der Waals surface area contributed by atoms with Crippen molar-refractivity contribution in [2.75, 3.05) is 26.8 Å². The number of hydrogen-bond donors (Lipinski definition) is 2. The fourth-order valence-electron chi connectivity index (χ4n) is 1.02. The molecule has 0 spiro atoms. The highest BCUT2D eigenvalue weighted by molar-refractivity contribution is 5.15. The average molecular weight is 142 g/mol. The summed E-state index contributed by atoms with van der Waals surface area (Å²) in [7, 11) is 1.91.